The van der Waals surface area contributed by atoms with Gasteiger partial charge in [-0.2, -0.15) is 5.10 Å². The van der Waals surface area contributed by atoms with E-state index in [4.69, 9.17) is 0 Å². The van der Waals surface area contributed by atoms with Gasteiger partial charge in [-0.1, -0.05) is 44.0 Å². The Bertz CT molecular complexity index is 738. The summed E-state index contributed by atoms with van der Waals surface area (Å²) in [5, 5.41) is 4.48. The molecule has 6 nitrogen and oxygen atoms in total. The number of hydrogen-bond donors (Lipinski definition) is 0. The van der Waals surface area contributed by atoms with Gasteiger partial charge in [0.25, 0.3) is 0 Å². The van der Waals surface area contributed by atoms with Crippen molar-refractivity contribution < 1.29 is 13.6 Å². The number of aliphatic imine (C=N–C) groups is 1. The largest absolute Gasteiger partial charge is 0.772 e. The summed E-state index contributed by atoms with van der Waals surface area (Å²) in [7, 11) is 0. The van der Waals surface area contributed by atoms with Gasteiger partial charge in [-0.25, -0.2) is 9.48 Å². The molecule has 0 saturated carbocycles. The SMILES string of the molecule is CC(C)(C)c1cc(N=C=O)n(-c2ccc(CS(=O)[O-])cc2)n1. The first-order valence-electron chi connectivity index (χ1n) is 6.65. The fraction of sp³-hybridized carbons (Fsp3) is 0.333. The van der Waals surface area contributed by atoms with Crippen molar-refractivity contribution in [3.63, 3.8) is 0 Å². The summed E-state index contributed by atoms with van der Waals surface area (Å²) < 4.78 is 22.9. The van der Waals surface area contributed by atoms with E-state index in [-0.39, 0.29) is 11.2 Å². The Morgan fingerprint density at radius 1 is 1.32 bits per heavy atom. The highest BCUT2D eigenvalue weighted by molar-refractivity contribution is 7.78. The number of benzene rings is 1. The highest BCUT2D eigenvalue weighted by Gasteiger charge is 2.20. The van der Waals surface area contributed by atoms with Gasteiger partial charge in [0.2, 0.25) is 6.08 Å². The van der Waals surface area contributed by atoms with E-state index in [0.717, 1.165) is 5.69 Å². The second-order valence-electron chi connectivity index (χ2n) is 5.87. The summed E-state index contributed by atoms with van der Waals surface area (Å²) >= 11 is -2.13. The normalized spacial score (nSPS) is 12.7. The van der Waals surface area contributed by atoms with Gasteiger partial charge in [-0.15, -0.1) is 4.99 Å². The fourth-order valence-electron chi connectivity index (χ4n) is 1.92. The van der Waals surface area contributed by atoms with Crippen LogP contribution in [0.2, 0.25) is 0 Å². The van der Waals surface area contributed by atoms with Gasteiger partial charge in [0.15, 0.2) is 5.82 Å². The quantitative estimate of drug-likeness (QED) is 0.492. The molecule has 0 amide bonds. The second-order valence-corrected chi connectivity index (χ2v) is 6.76. The smallest absolute Gasteiger partial charge is 0.242 e. The van der Waals surface area contributed by atoms with Gasteiger partial charge in [0.1, 0.15) is 0 Å². The molecule has 1 unspecified atom stereocenters. The van der Waals surface area contributed by atoms with Crippen molar-refractivity contribution in [2.24, 2.45) is 4.99 Å². The summed E-state index contributed by atoms with van der Waals surface area (Å²) in [6.07, 6.45) is 1.53. The predicted molar refractivity (Wildman–Crippen MR) is 82.7 cm³/mol. The average molecular weight is 318 g/mol. The van der Waals surface area contributed by atoms with Crippen LogP contribution >= 0.6 is 0 Å². The minimum atomic E-state index is -2.13. The Hall–Kier alpha value is -2.08. The molecule has 116 valence electrons. The van der Waals surface area contributed by atoms with Crippen molar-refractivity contribution in [1.82, 2.24) is 9.78 Å². The summed E-state index contributed by atoms with van der Waals surface area (Å²) in [5.41, 5.74) is 1.99. The van der Waals surface area contributed by atoms with Crippen LogP contribution in [-0.4, -0.2) is 24.6 Å². The molecule has 0 aliphatic carbocycles. The Morgan fingerprint density at radius 3 is 2.45 bits per heavy atom. The fourth-order valence-corrected chi connectivity index (χ4v) is 2.39. The minimum absolute atomic E-state index is 0.0357. The van der Waals surface area contributed by atoms with Crippen molar-refractivity contribution >= 4 is 23.0 Å². The molecule has 1 heterocycles. The maximum atomic E-state index is 10.7. The number of hydrogen-bond acceptors (Lipinski definition) is 5. The highest BCUT2D eigenvalue weighted by atomic mass is 32.2. The van der Waals surface area contributed by atoms with E-state index in [9.17, 15) is 13.6 Å². The van der Waals surface area contributed by atoms with Gasteiger partial charge in [-0.05, 0) is 17.7 Å². The van der Waals surface area contributed by atoms with E-state index >= 15 is 0 Å². The van der Waals surface area contributed by atoms with E-state index in [1.54, 1.807) is 35.0 Å². The number of rotatable bonds is 4. The van der Waals surface area contributed by atoms with Crippen LogP contribution in [0.4, 0.5) is 5.82 Å². The van der Waals surface area contributed by atoms with Crippen molar-refractivity contribution in [2.45, 2.75) is 31.9 Å². The standard InChI is InChI=1S/C15H17N3O3S/c1-15(2,3)13-8-14(16-10-19)18(17-13)12-6-4-11(5-7-12)9-22(20)21/h4-8H,9H2,1-3H3,(H,20,21)/p-1. The summed E-state index contributed by atoms with van der Waals surface area (Å²) in [6.45, 7) is 6.04. The van der Waals surface area contributed by atoms with E-state index in [1.807, 2.05) is 20.8 Å². The molecule has 1 aromatic heterocycles. The van der Waals surface area contributed by atoms with Crippen molar-refractivity contribution in [1.29, 1.82) is 0 Å². The van der Waals surface area contributed by atoms with Crippen LogP contribution in [0.1, 0.15) is 32.0 Å². The van der Waals surface area contributed by atoms with E-state index < -0.39 is 11.1 Å². The third-order valence-corrected chi connectivity index (χ3v) is 3.65. The summed E-state index contributed by atoms with van der Waals surface area (Å²) in [5.74, 6) is 0.353. The summed E-state index contributed by atoms with van der Waals surface area (Å²) in [4.78, 5) is 14.3. The van der Waals surface area contributed by atoms with Crippen LogP contribution in [0.5, 0.6) is 0 Å². The Morgan fingerprint density at radius 2 is 1.95 bits per heavy atom. The topological polar surface area (TPSA) is 87.4 Å². The molecule has 7 heteroatoms. The zero-order chi connectivity index (χ0) is 16.3. The molecule has 2 rings (SSSR count). The zero-order valence-electron chi connectivity index (χ0n) is 12.6. The van der Waals surface area contributed by atoms with Crippen molar-refractivity contribution in [2.75, 3.05) is 0 Å². The third kappa shape index (κ3) is 3.76. The van der Waals surface area contributed by atoms with Crippen molar-refractivity contribution in [3.8, 4) is 5.69 Å². The van der Waals surface area contributed by atoms with Gasteiger partial charge in [0, 0.05) is 17.2 Å². The first-order valence-corrected chi connectivity index (χ1v) is 7.89. The van der Waals surface area contributed by atoms with Gasteiger partial charge < -0.3 is 4.55 Å². The lowest BCUT2D eigenvalue weighted by Crippen LogP contribution is -2.12. The van der Waals surface area contributed by atoms with E-state index in [0.29, 0.717) is 17.1 Å². The van der Waals surface area contributed by atoms with Gasteiger partial charge in [-0.3, -0.25) is 4.21 Å². The Balaban J connectivity index is 2.44. The number of nitrogens with zero attached hydrogens (tertiary/aromatic N) is 3. The van der Waals surface area contributed by atoms with Crippen LogP contribution in [0.15, 0.2) is 35.3 Å². The summed E-state index contributed by atoms with van der Waals surface area (Å²) in [6, 6.07) is 8.64. The predicted octanol–water partition coefficient (Wildman–Crippen LogP) is 2.52. The van der Waals surface area contributed by atoms with Crippen LogP contribution in [0.3, 0.4) is 0 Å². The molecule has 1 aromatic carbocycles. The highest BCUT2D eigenvalue weighted by Crippen LogP contribution is 2.27. The monoisotopic (exact) mass is 318 g/mol. The molecule has 0 bridgehead atoms. The molecule has 0 spiro atoms. The van der Waals surface area contributed by atoms with E-state index in [1.165, 1.54) is 6.08 Å². The Labute approximate surface area is 131 Å². The number of isocyanates is 1. The van der Waals surface area contributed by atoms with Crippen LogP contribution < -0.4 is 0 Å². The lowest BCUT2D eigenvalue weighted by atomic mass is 9.92. The molecule has 1 atom stereocenters. The second kappa shape index (κ2) is 6.36. The molecule has 22 heavy (non-hydrogen) atoms. The molecule has 0 N–H and O–H groups in total. The zero-order valence-corrected chi connectivity index (χ0v) is 13.4. The minimum Gasteiger partial charge on any atom is -0.772 e. The molecular formula is C15H16N3O3S-. The molecule has 0 aliphatic rings. The molecule has 0 saturated heterocycles. The van der Waals surface area contributed by atoms with Crippen LogP contribution in [0.25, 0.3) is 5.69 Å². The maximum Gasteiger partial charge on any atom is 0.242 e. The number of carbonyl (C=O) groups excluding carboxylic acids is 1. The van der Waals surface area contributed by atoms with E-state index in [2.05, 4.69) is 10.1 Å². The third-order valence-electron chi connectivity index (χ3n) is 3.08. The maximum absolute atomic E-state index is 10.7. The number of aromatic nitrogens is 2. The molecule has 2 aromatic rings. The van der Waals surface area contributed by atoms with Crippen LogP contribution in [0, 0.1) is 0 Å². The van der Waals surface area contributed by atoms with Gasteiger partial charge >= 0.3 is 0 Å². The molecule has 0 fully saturated rings. The lowest BCUT2D eigenvalue weighted by molar-refractivity contribution is 0.536. The van der Waals surface area contributed by atoms with Gasteiger partial charge in [0.05, 0.1) is 11.4 Å². The van der Waals surface area contributed by atoms with Crippen LogP contribution in [-0.2, 0) is 27.0 Å². The molecule has 0 aliphatic heterocycles. The molecular weight excluding hydrogens is 302 g/mol. The lowest BCUT2D eigenvalue weighted by Gasteiger charge is -2.14. The van der Waals surface area contributed by atoms with Crippen molar-refractivity contribution in [3.05, 3.63) is 41.6 Å². The average Bonchev–Trinajstić information content (AvgIpc) is 2.83. The molecule has 0 radical (unpaired) electrons. The first kappa shape index (κ1) is 16.3. The first-order chi connectivity index (χ1) is 10.3. The Kier molecular flexibility index (Phi) is 4.71.